The fraction of sp³-hybridized carbons (Fsp3) is 0.286. The molecule has 0 aliphatic carbocycles. The minimum absolute atomic E-state index is 0.103. The molecule has 0 aromatic carbocycles. The van der Waals surface area contributed by atoms with Crippen LogP contribution in [0.5, 0.6) is 0 Å². The third-order valence-corrected chi connectivity index (χ3v) is 5.61. The van der Waals surface area contributed by atoms with E-state index in [1.807, 2.05) is 53.6 Å². The smallest absolute Gasteiger partial charge is 0.250 e. The summed E-state index contributed by atoms with van der Waals surface area (Å²) in [6.07, 6.45) is 6.77. The first-order valence-corrected chi connectivity index (χ1v) is 10.2. The van der Waals surface area contributed by atoms with E-state index in [4.69, 9.17) is 9.97 Å². The van der Waals surface area contributed by atoms with Crippen molar-refractivity contribution in [3.8, 4) is 0 Å². The number of carbonyl (C=O) groups excluding carboxylic acids is 1. The number of nitrogens with zero attached hydrogens (tertiary/aromatic N) is 6. The normalized spacial score (nSPS) is 18.5. The first kappa shape index (κ1) is 19.0. The van der Waals surface area contributed by atoms with Crippen LogP contribution in [-0.2, 0) is 4.79 Å². The molecule has 1 amide bonds. The highest BCUT2D eigenvalue weighted by molar-refractivity contribution is 6.00. The molecule has 4 aromatic rings. The lowest BCUT2D eigenvalue weighted by atomic mass is 9.97. The maximum Gasteiger partial charge on any atom is 0.250 e. The van der Waals surface area contributed by atoms with Gasteiger partial charge in [0.1, 0.15) is 11.2 Å². The molecule has 1 saturated heterocycles. The molecule has 0 saturated carbocycles. The Hall–Kier alpha value is -3.95. The summed E-state index contributed by atoms with van der Waals surface area (Å²) in [6, 6.07) is 9.34. The first-order chi connectivity index (χ1) is 15.0. The number of rotatable bonds is 5. The second-order valence-electron chi connectivity index (χ2n) is 7.87. The van der Waals surface area contributed by atoms with Gasteiger partial charge in [-0.05, 0) is 51.0 Å². The van der Waals surface area contributed by atoms with Crippen LogP contribution in [0.3, 0.4) is 0 Å². The highest BCUT2D eigenvalue weighted by Crippen LogP contribution is 2.34. The van der Waals surface area contributed by atoms with Crippen LogP contribution in [0.25, 0.3) is 5.65 Å². The number of pyridine rings is 1. The summed E-state index contributed by atoms with van der Waals surface area (Å²) in [5.41, 5.74) is 1.57. The van der Waals surface area contributed by atoms with Crippen molar-refractivity contribution in [3.63, 3.8) is 0 Å². The number of amides is 1. The lowest BCUT2D eigenvalue weighted by molar-refractivity contribution is -0.120. The average Bonchev–Trinajstić information content (AvgIpc) is 3.49. The van der Waals surface area contributed by atoms with Crippen LogP contribution in [0, 0.1) is 6.92 Å². The van der Waals surface area contributed by atoms with Crippen molar-refractivity contribution in [2.45, 2.75) is 32.2 Å². The van der Waals surface area contributed by atoms with Crippen molar-refractivity contribution in [2.24, 2.45) is 0 Å². The van der Waals surface area contributed by atoms with E-state index in [1.54, 1.807) is 18.5 Å². The van der Waals surface area contributed by atoms with E-state index < -0.39 is 5.54 Å². The third-order valence-electron chi connectivity index (χ3n) is 5.61. The van der Waals surface area contributed by atoms with Gasteiger partial charge in [-0.1, -0.05) is 0 Å². The van der Waals surface area contributed by atoms with E-state index >= 15 is 0 Å². The number of hydrogen-bond acceptors (Lipinski definition) is 7. The van der Waals surface area contributed by atoms with Gasteiger partial charge in [-0.2, -0.15) is 15.1 Å². The Balaban J connectivity index is 1.49. The fourth-order valence-electron chi connectivity index (χ4n) is 3.95. The zero-order chi connectivity index (χ0) is 21.4. The van der Waals surface area contributed by atoms with Crippen LogP contribution in [-0.4, -0.2) is 47.5 Å². The predicted octanol–water partition coefficient (Wildman–Crippen LogP) is 2.90. The Morgan fingerprint density at radius 3 is 2.94 bits per heavy atom. The van der Waals surface area contributed by atoms with Gasteiger partial charge in [0.25, 0.3) is 0 Å². The zero-order valence-electron chi connectivity index (χ0n) is 17.3. The topological polar surface area (TPSA) is 116 Å². The Kier molecular flexibility index (Phi) is 4.54. The third kappa shape index (κ3) is 3.45. The molecule has 1 aliphatic rings. The van der Waals surface area contributed by atoms with Crippen LogP contribution < -0.4 is 15.5 Å². The first-order valence-electron chi connectivity index (χ1n) is 10.2. The summed E-state index contributed by atoms with van der Waals surface area (Å²) >= 11 is 0. The summed E-state index contributed by atoms with van der Waals surface area (Å²) in [6.45, 7) is 4.56. The van der Waals surface area contributed by atoms with Crippen molar-refractivity contribution in [3.05, 3.63) is 54.6 Å². The molecule has 5 heterocycles. The Labute approximate surface area is 178 Å². The van der Waals surface area contributed by atoms with Gasteiger partial charge in [0.05, 0.1) is 11.9 Å². The predicted molar refractivity (Wildman–Crippen MR) is 117 cm³/mol. The van der Waals surface area contributed by atoms with Crippen LogP contribution in [0.1, 0.15) is 25.5 Å². The van der Waals surface area contributed by atoms with Gasteiger partial charge >= 0.3 is 0 Å². The van der Waals surface area contributed by atoms with Gasteiger partial charge in [0, 0.05) is 30.7 Å². The molecular formula is C21H23N9O. The summed E-state index contributed by atoms with van der Waals surface area (Å²) in [7, 11) is 0. The molecule has 0 unspecified atom stereocenters. The monoisotopic (exact) mass is 417 g/mol. The lowest BCUT2D eigenvalue weighted by Crippen LogP contribution is -2.51. The van der Waals surface area contributed by atoms with E-state index in [2.05, 4.69) is 25.8 Å². The van der Waals surface area contributed by atoms with Crippen LogP contribution >= 0.6 is 0 Å². The number of hydrogen-bond donors (Lipinski definition) is 3. The largest absolute Gasteiger partial charge is 0.326 e. The fourth-order valence-corrected chi connectivity index (χ4v) is 3.95. The van der Waals surface area contributed by atoms with Crippen LogP contribution in [0.2, 0.25) is 0 Å². The molecule has 31 heavy (non-hydrogen) atoms. The number of fused-ring (bicyclic) bond motifs is 1. The standard InChI is InChI=1S/C21H23N9O/c1-14-12-16(28-27-14)24-19-26-20(25-17-7-4-10-29(17)19)30-11-5-8-21(30,2)18(31)23-15-6-3-9-22-13-15/h3-4,6-7,9-10,12-13H,5,8,11H2,1-2H3,(H,23,31)(H2,24,25,26,27,28)/t21-/m0/s1. The quantitative estimate of drug-likeness (QED) is 0.457. The molecule has 1 aliphatic heterocycles. The van der Waals surface area contributed by atoms with Crippen molar-refractivity contribution >= 4 is 35.0 Å². The second kappa shape index (κ2) is 7.38. The number of aryl methyl sites for hydroxylation is 1. The molecule has 0 bridgehead atoms. The molecule has 0 radical (unpaired) electrons. The molecule has 5 rings (SSSR count). The van der Waals surface area contributed by atoms with Crippen molar-refractivity contribution < 1.29 is 4.79 Å². The number of aromatic nitrogens is 6. The molecule has 3 N–H and O–H groups in total. The van der Waals surface area contributed by atoms with Crippen LogP contribution in [0.15, 0.2) is 48.9 Å². The molecule has 10 heteroatoms. The van der Waals surface area contributed by atoms with Gasteiger partial charge in [0.2, 0.25) is 17.8 Å². The molecule has 0 spiro atoms. The van der Waals surface area contributed by atoms with E-state index in [0.717, 1.165) is 17.8 Å². The number of nitrogens with one attached hydrogen (secondary N) is 3. The molecular weight excluding hydrogens is 394 g/mol. The summed E-state index contributed by atoms with van der Waals surface area (Å²) in [4.78, 5) is 28.8. The summed E-state index contributed by atoms with van der Waals surface area (Å²) in [5, 5.41) is 13.4. The molecule has 4 aromatic heterocycles. The number of anilines is 4. The maximum absolute atomic E-state index is 13.2. The Morgan fingerprint density at radius 2 is 2.16 bits per heavy atom. The summed E-state index contributed by atoms with van der Waals surface area (Å²) < 4.78 is 1.86. The van der Waals surface area contributed by atoms with Gasteiger partial charge in [0.15, 0.2) is 5.82 Å². The maximum atomic E-state index is 13.2. The minimum Gasteiger partial charge on any atom is -0.326 e. The summed E-state index contributed by atoms with van der Waals surface area (Å²) in [5.74, 6) is 1.64. The highest BCUT2D eigenvalue weighted by Gasteiger charge is 2.45. The van der Waals surface area contributed by atoms with E-state index in [1.165, 1.54) is 0 Å². The van der Waals surface area contributed by atoms with Gasteiger partial charge in [-0.15, -0.1) is 0 Å². The molecule has 10 nitrogen and oxygen atoms in total. The van der Waals surface area contributed by atoms with Crippen LogP contribution in [0.4, 0.5) is 23.4 Å². The highest BCUT2D eigenvalue weighted by atomic mass is 16.2. The SMILES string of the molecule is Cc1cc(Nc2nc(N3CCC[C@@]3(C)C(=O)Nc3cccnc3)nc3cccn23)n[nH]1. The Bertz CT molecular complexity index is 1230. The van der Waals surface area contributed by atoms with Gasteiger partial charge in [-0.3, -0.25) is 19.3 Å². The molecule has 1 atom stereocenters. The zero-order valence-corrected chi connectivity index (χ0v) is 17.3. The van der Waals surface area contributed by atoms with Crippen molar-refractivity contribution in [1.82, 2.24) is 29.5 Å². The number of H-pyrrole nitrogens is 1. The number of aromatic amines is 1. The minimum atomic E-state index is -0.777. The Morgan fingerprint density at radius 1 is 1.26 bits per heavy atom. The van der Waals surface area contributed by atoms with Gasteiger partial charge in [-0.25, -0.2) is 0 Å². The van der Waals surface area contributed by atoms with E-state index in [9.17, 15) is 4.79 Å². The van der Waals surface area contributed by atoms with E-state index in [-0.39, 0.29) is 5.91 Å². The number of carbonyl (C=O) groups is 1. The van der Waals surface area contributed by atoms with E-state index in [0.29, 0.717) is 36.4 Å². The van der Waals surface area contributed by atoms with Crippen molar-refractivity contribution in [1.29, 1.82) is 0 Å². The average molecular weight is 417 g/mol. The second-order valence-corrected chi connectivity index (χ2v) is 7.87. The molecule has 1 fully saturated rings. The molecule has 158 valence electrons. The lowest BCUT2D eigenvalue weighted by Gasteiger charge is -2.34. The van der Waals surface area contributed by atoms with Gasteiger partial charge < -0.3 is 15.5 Å². The van der Waals surface area contributed by atoms with Crippen molar-refractivity contribution in [2.75, 3.05) is 22.1 Å².